The largest absolute Gasteiger partial charge is 0.383 e. The van der Waals surface area contributed by atoms with Crippen LogP contribution >= 0.6 is 0 Å². The molecule has 2 aliphatic rings. The summed E-state index contributed by atoms with van der Waals surface area (Å²) < 4.78 is 32.2. The highest BCUT2D eigenvalue weighted by molar-refractivity contribution is 7.89. The Balaban J connectivity index is 1.72. The predicted molar refractivity (Wildman–Crippen MR) is 96.8 cm³/mol. The van der Waals surface area contributed by atoms with Gasteiger partial charge in [0, 0.05) is 32.8 Å². The maximum Gasteiger partial charge on any atom is 0.241 e. The van der Waals surface area contributed by atoms with E-state index in [0.29, 0.717) is 19.7 Å². The fraction of sp³-hybridized carbons (Fsp3) is 0.588. The predicted octanol–water partition coefficient (Wildman–Crippen LogP) is -0.249. The maximum atomic E-state index is 12.7. The molecule has 0 radical (unpaired) electrons. The summed E-state index contributed by atoms with van der Waals surface area (Å²) in [5, 5.41) is 0. The first-order chi connectivity index (χ1) is 12.4. The van der Waals surface area contributed by atoms with E-state index in [9.17, 15) is 13.2 Å². The lowest BCUT2D eigenvalue weighted by atomic mass is 9.99. The highest BCUT2D eigenvalue weighted by Crippen LogP contribution is 2.23. The van der Waals surface area contributed by atoms with Crippen molar-refractivity contribution in [3.05, 3.63) is 29.3 Å². The Labute approximate surface area is 154 Å². The highest BCUT2D eigenvalue weighted by atomic mass is 32.2. The summed E-state index contributed by atoms with van der Waals surface area (Å²) in [6, 6.07) is 5.17. The number of carbonyl (C=O) groups is 1. The van der Waals surface area contributed by atoms with Crippen LogP contribution in [0.25, 0.3) is 0 Å². The Kier molecular flexibility index (Phi) is 5.93. The third-order valence-electron chi connectivity index (χ3n) is 4.80. The minimum Gasteiger partial charge on any atom is -0.383 e. The number of carbonyl (C=O) groups excluding carboxylic acids is 1. The van der Waals surface area contributed by atoms with Crippen molar-refractivity contribution in [2.45, 2.75) is 43.3 Å². The van der Waals surface area contributed by atoms with Crippen LogP contribution in [0.4, 0.5) is 0 Å². The van der Waals surface area contributed by atoms with E-state index in [2.05, 4.69) is 15.6 Å². The fourth-order valence-corrected chi connectivity index (χ4v) is 4.41. The zero-order valence-electron chi connectivity index (χ0n) is 15.1. The van der Waals surface area contributed by atoms with Crippen LogP contribution in [-0.2, 0) is 32.5 Å². The molecule has 2 heterocycles. The normalized spacial score (nSPS) is 23.1. The van der Waals surface area contributed by atoms with E-state index >= 15 is 0 Å². The first kappa shape index (κ1) is 19.2. The van der Waals surface area contributed by atoms with Gasteiger partial charge in [0.15, 0.2) is 0 Å². The van der Waals surface area contributed by atoms with Gasteiger partial charge in [0.2, 0.25) is 15.9 Å². The molecular formula is C17H26N4O4S. The van der Waals surface area contributed by atoms with Gasteiger partial charge in [-0.05, 0) is 43.0 Å². The number of fused-ring (bicyclic) bond motifs is 1. The molecule has 1 amide bonds. The quantitative estimate of drug-likeness (QED) is 0.587. The number of hydrogen-bond donors (Lipinski definition) is 3. The first-order valence-corrected chi connectivity index (χ1v) is 10.3. The lowest BCUT2D eigenvalue weighted by Gasteiger charge is -2.31. The van der Waals surface area contributed by atoms with Gasteiger partial charge in [-0.2, -0.15) is 0 Å². The van der Waals surface area contributed by atoms with Gasteiger partial charge in [0.25, 0.3) is 0 Å². The number of nitrogens with zero attached hydrogens (tertiary/aromatic N) is 1. The number of nitrogens with one attached hydrogen (secondary N) is 3. The molecule has 1 aromatic carbocycles. The van der Waals surface area contributed by atoms with E-state index < -0.39 is 10.0 Å². The minimum atomic E-state index is -3.58. The van der Waals surface area contributed by atoms with E-state index in [0.717, 1.165) is 24.0 Å². The molecule has 8 nitrogen and oxygen atoms in total. The standard InChI is InChI=1S/C17H26N4O4S/c1-12-9-16(20-19-12)17(22)21-7-5-13-3-4-15(10-14(13)11-21)26(23,24)18-6-8-25-2/h3-4,10,12,16,18-20H,5-9,11H2,1-2H3. The lowest BCUT2D eigenvalue weighted by molar-refractivity contribution is -0.134. The molecule has 144 valence electrons. The van der Waals surface area contributed by atoms with Crippen LogP contribution in [0.3, 0.4) is 0 Å². The van der Waals surface area contributed by atoms with E-state index in [-0.39, 0.29) is 29.4 Å². The molecule has 0 saturated carbocycles. The molecule has 2 unspecified atom stereocenters. The average molecular weight is 382 g/mol. The summed E-state index contributed by atoms with van der Waals surface area (Å²) >= 11 is 0. The molecule has 1 aromatic rings. The molecule has 0 bridgehead atoms. The van der Waals surface area contributed by atoms with Gasteiger partial charge in [0.1, 0.15) is 6.04 Å². The second-order valence-corrected chi connectivity index (χ2v) is 8.58. The molecule has 0 spiro atoms. The second-order valence-electron chi connectivity index (χ2n) is 6.81. The van der Waals surface area contributed by atoms with E-state index in [1.54, 1.807) is 17.0 Å². The molecule has 2 atom stereocenters. The number of amides is 1. The maximum absolute atomic E-state index is 12.7. The third-order valence-corrected chi connectivity index (χ3v) is 6.26. The summed E-state index contributed by atoms with van der Waals surface area (Å²) in [7, 11) is -2.06. The number of methoxy groups -OCH3 is 1. The van der Waals surface area contributed by atoms with Crippen LogP contribution in [0, 0.1) is 0 Å². The summed E-state index contributed by atoms with van der Waals surface area (Å²) in [4.78, 5) is 14.7. The number of sulfonamides is 1. The topological polar surface area (TPSA) is 99.8 Å². The number of benzene rings is 1. The molecular weight excluding hydrogens is 356 g/mol. The summed E-state index contributed by atoms with van der Waals surface area (Å²) in [5.74, 6) is 0.0546. The van der Waals surface area contributed by atoms with Crippen molar-refractivity contribution < 1.29 is 17.9 Å². The van der Waals surface area contributed by atoms with E-state index in [1.165, 1.54) is 7.11 Å². The fourth-order valence-electron chi connectivity index (χ4n) is 3.35. The molecule has 3 N–H and O–H groups in total. The van der Waals surface area contributed by atoms with E-state index in [1.807, 2.05) is 13.0 Å². The van der Waals surface area contributed by atoms with Crippen LogP contribution in [-0.4, -0.2) is 58.1 Å². The average Bonchev–Trinajstić information content (AvgIpc) is 3.06. The molecule has 26 heavy (non-hydrogen) atoms. The van der Waals surface area contributed by atoms with Crippen LogP contribution < -0.4 is 15.6 Å². The van der Waals surface area contributed by atoms with Crippen LogP contribution in [0.2, 0.25) is 0 Å². The zero-order chi connectivity index (χ0) is 18.7. The van der Waals surface area contributed by atoms with Gasteiger partial charge < -0.3 is 9.64 Å². The summed E-state index contributed by atoms with van der Waals surface area (Å²) in [6.45, 7) is 3.64. The number of hydrazine groups is 1. The van der Waals surface area contributed by atoms with Crippen molar-refractivity contribution >= 4 is 15.9 Å². The van der Waals surface area contributed by atoms with Gasteiger partial charge in [-0.1, -0.05) is 6.07 Å². The van der Waals surface area contributed by atoms with Gasteiger partial charge in [0.05, 0.1) is 11.5 Å². The molecule has 9 heteroatoms. The monoisotopic (exact) mass is 382 g/mol. The Hall–Kier alpha value is -1.52. The van der Waals surface area contributed by atoms with E-state index in [4.69, 9.17) is 4.74 Å². The molecule has 0 aromatic heterocycles. The third kappa shape index (κ3) is 4.24. The molecule has 0 aliphatic carbocycles. The van der Waals surface area contributed by atoms with Crippen LogP contribution in [0.15, 0.2) is 23.1 Å². The molecule has 3 rings (SSSR count). The SMILES string of the molecule is COCCNS(=O)(=O)c1ccc2c(c1)CN(C(=O)C1CC(C)NN1)CC2. The molecule has 1 fully saturated rings. The van der Waals surface area contributed by atoms with Crippen LogP contribution in [0.5, 0.6) is 0 Å². The van der Waals surface area contributed by atoms with Crippen molar-refractivity contribution in [1.29, 1.82) is 0 Å². The van der Waals surface area contributed by atoms with Gasteiger partial charge >= 0.3 is 0 Å². The number of ether oxygens (including phenoxy) is 1. The van der Waals surface area contributed by atoms with Crippen molar-refractivity contribution in [2.24, 2.45) is 0 Å². The van der Waals surface area contributed by atoms with Crippen molar-refractivity contribution in [3.63, 3.8) is 0 Å². The Morgan fingerprint density at radius 2 is 2.15 bits per heavy atom. The zero-order valence-corrected chi connectivity index (χ0v) is 15.9. The Morgan fingerprint density at radius 1 is 1.35 bits per heavy atom. The first-order valence-electron chi connectivity index (χ1n) is 8.81. The van der Waals surface area contributed by atoms with Crippen LogP contribution in [0.1, 0.15) is 24.5 Å². The minimum absolute atomic E-state index is 0.0546. The van der Waals surface area contributed by atoms with Gasteiger partial charge in [-0.25, -0.2) is 18.6 Å². The summed E-state index contributed by atoms with van der Waals surface area (Å²) in [6.07, 6.45) is 1.48. The smallest absolute Gasteiger partial charge is 0.241 e. The Bertz CT molecular complexity index is 768. The summed E-state index contributed by atoms with van der Waals surface area (Å²) in [5.41, 5.74) is 8.08. The Morgan fingerprint density at radius 3 is 2.85 bits per heavy atom. The number of hydrogen-bond acceptors (Lipinski definition) is 6. The van der Waals surface area contributed by atoms with Gasteiger partial charge in [-0.3, -0.25) is 10.2 Å². The molecule has 2 aliphatic heterocycles. The second kappa shape index (κ2) is 8.01. The highest BCUT2D eigenvalue weighted by Gasteiger charge is 2.32. The molecule has 1 saturated heterocycles. The van der Waals surface area contributed by atoms with Crippen molar-refractivity contribution in [3.8, 4) is 0 Å². The van der Waals surface area contributed by atoms with Crippen molar-refractivity contribution in [1.82, 2.24) is 20.5 Å². The van der Waals surface area contributed by atoms with Gasteiger partial charge in [-0.15, -0.1) is 0 Å². The van der Waals surface area contributed by atoms with Crippen molar-refractivity contribution in [2.75, 3.05) is 26.8 Å². The number of rotatable bonds is 6. The lowest BCUT2D eigenvalue weighted by Crippen LogP contribution is -2.47.